The summed E-state index contributed by atoms with van der Waals surface area (Å²) in [7, 11) is 0. The SMILES string of the molecule is Nc1nc2nc(CC3NCCNC3=O)[nH]c2c(=O)[nH]1. The van der Waals surface area contributed by atoms with E-state index >= 15 is 0 Å². The van der Waals surface area contributed by atoms with Gasteiger partial charge in [-0.25, -0.2) is 4.98 Å². The molecule has 0 aliphatic carbocycles. The number of nitrogens with one attached hydrogen (secondary N) is 4. The molecule has 19 heavy (non-hydrogen) atoms. The van der Waals surface area contributed by atoms with Crippen LogP contribution < -0.4 is 21.9 Å². The van der Waals surface area contributed by atoms with Crippen LogP contribution in [0.4, 0.5) is 5.95 Å². The second-order valence-electron chi connectivity index (χ2n) is 4.34. The number of H-pyrrole nitrogens is 2. The van der Waals surface area contributed by atoms with Crippen LogP contribution in [-0.4, -0.2) is 45.0 Å². The summed E-state index contributed by atoms with van der Waals surface area (Å²) in [6.07, 6.45) is 0.363. The van der Waals surface area contributed by atoms with Crippen molar-refractivity contribution in [3.8, 4) is 0 Å². The summed E-state index contributed by atoms with van der Waals surface area (Å²) in [4.78, 5) is 36.6. The summed E-state index contributed by atoms with van der Waals surface area (Å²) < 4.78 is 0. The Morgan fingerprint density at radius 2 is 2.05 bits per heavy atom. The first-order chi connectivity index (χ1) is 9.13. The average Bonchev–Trinajstić information content (AvgIpc) is 2.75. The average molecular weight is 263 g/mol. The van der Waals surface area contributed by atoms with E-state index in [-0.39, 0.29) is 34.6 Å². The van der Waals surface area contributed by atoms with Crippen LogP contribution >= 0.6 is 0 Å². The van der Waals surface area contributed by atoms with Gasteiger partial charge in [0.15, 0.2) is 11.2 Å². The third-order valence-corrected chi connectivity index (χ3v) is 2.96. The van der Waals surface area contributed by atoms with Crippen LogP contribution in [0.3, 0.4) is 0 Å². The lowest BCUT2D eigenvalue weighted by Gasteiger charge is -2.22. The zero-order chi connectivity index (χ0) is 13.4. The van der Waals surface area contributed by atoms with Gasteiger partial charge in [-0.3, -0.25) is 14.6 Å². The van der Waals surface area contributed by atoms with Crippen molar-refractivity contribution in [1.29, 1.82) is 0 Å². The molecule has 0 aromatic carbocycles. The van der Waals surface area contributed by atoms with Crippen LogP contribution in [0.5, 0.6) is 0 Å². The highest BCUT2D eigenvalue weighted by atomic mass is 16.2. The molecule has 0 radical (unpaired) electrons. The molecular formula is C10H13N7O2. The number of hydrogen-bond acceptors (Lipinski definition) is 6. The monoisotopic (exact) mass is 263 g/mol. The highest BCUT2D eigenvalue weighted by Gasteiger charge is 2.23. The summed E-state index contributed by atoms with van der Waals surface area (Å²) in [6.45, 7) is 1.33. The smallest absolute Gasteiger partial charge is 0.278 e. The van der Waals surface area contributed by atoms with Crippen molar-refractivity contribution in [2.24, 2.45) is 0 Å². The summed E-state index contributed by atoms with van der Waals surface area (Å²) >= 11 is 0. The lowest BCUT2D eigenvalue weighted by molar-refractivity contribution is -0.124. The standard InChI is InChI=1S/C10H13N7O2/c11-10-16-7-6(9(19)17-10)14-5(15-7)3-4-8(18)13-2-1-12-4/h4,12H,1-3H2,(H,13,18)(H4,11,14,15,16,17,19). The van der Waals surface area contributed by atoms with E-state index in [1.165, 1.54) is 0 Å². The summed E-state index contributed by atoms with van der Waals surface area (Å²) in [5.41, 5.74) is 5.59. The Morgan fingerprint density at radius 3 is 2.84 bits per heavy atom. The van der Waals surface area contributed by atoms with Crippen molar-refractivity contribution in [3.63, 3.8) is 0 Å². The molecule has 2 aromatic heterocycles. The Morgan fingerprint density at radius 1 is 1.21 bits per heavy atom. The largest absolute Gasteiger partial charge is 0.369 e. The minimum atomic E-state index is -0.373. The third kappa shape index (κ3) is 2.15. The van der Waals surface area contributed by atoms with Gasteiger partial charge < -0.3 is 21.4 Å². The highest BCUT2D eigenvalue weighted by Crippen LogP contribution is 2.07. The van der Waals surface area contributed by atoms with Crippen molar-refractivity contribution in [2.75, 3.05) is 18.8 Å². The number of aromatic nitrogens is 4. The topological polar surface area (TPSA) is 142 Å². The third-order valence-electron chi connectivity index (χ3n) is 2.96. The maximum Gasteiger partial charge on any atom is 0.278 e. The summed E-state index contributed by atoms with van der Waals surface area (Å²) in [5, 5.41) is 5.84. The quantitative estimate of drug-likeness (QED) is 0.418. The van der Waals surface area contributed by atoms with E-state index in [1.807, 2.05) is 0 Å². The molecule has 0 bridgehead atoms. The molecule has 9 nitrogen and oxygen atoms in total. The van der Waals surface area contributed by atoms with Crippen molar-refractivity contribution in [2.45, 2.75) is 12.5 Å². The fraction of sp³-hybridized carbons (Fsp3) is 0.400. The molecule has 1 unspecified atom stereocenters. The van der Waals surface area contributed by atoms with Crippen LogP contribution in [0, 0.1) is 0 Å². The number of fused-ring (bicyclic) bond motifs is 1. The van der Waals surface area contributed by atoms with Crippen LogP contribution in [0.2, 0.25) is 0 Å². The number of carbonyl (C=O) groups excluding carboxylic acids is 1. The van der Waals surface area contributed by atoms with E-state index in [0.29, 0.717) is 25.3 Å². The number of rotatable bonds is 2. The number of carbonyl (C=O) groups is 1. The molecule has 1 fully saturated rings. The van der Waals surface area contributed by atoms with Crippen molar-refractivity contribution >= 4 is 23.0 Å². The first-order valence-electron chi connectivity index (χ1n) is 5.89. The normalized spacial score (nSPS) is 19.6. The van der Waals surface area contributed by atoms with Crippen LogP contribution in [-0.2, 0) is 11.2 Å². The number of nitrogens with zero attached hydrogens (tertiary/aromatic N) is 2. The minimum absolute atomic E-state index is 0.0177. The predicted octanol–water partition coefficient (Wildman–Crippen LogP) is -2.14. The molecular weight excluding hydrogens is 250 g/mol. The maximum atomic E-state index is 11.6. The number of nitrogens with two attached hydrogens (primary N) is 1. The number of nitrogen functional groups attached to an aromatic ring is 1. The van der Waals surface area contributed by atoms with Gasteiger partial charge in [0, 0.05) is 19.5 Å². The zero-order valence-corrected chi connectivity index (χ0v) is 9.99. The summed E-state index contributed by atoms with van der Waals surface area (Å²) in [6, 6.07) is -0.356. The number of imidazole rings is 1. The first kappa shape index (κ1) is 11.7. The van der Waals surface area contributed by atoms with Crippen molar-refractivity contribution in [1.82, 2.24) is 30.6 Å². The van der Waals surface area contributed by atoms with Gasteiger partial charge in [0.1, 0.15) is 5.82 Å². The summed E-state index contributed by atoms with van der Waals surface area (Å²) in [5.74, 6) is 0.463. The molecule has 1 aliphatic rings. The molecule has 1 aliphatic heterocycles. The number of piperazine rings is 1. The Kier molecular flexibility index (Phi) is 2.67. The van der Waals surface area contributed by atoms with Crippen LogP contribution in [0.1, 0.15) is 5.82 Å². The fourth-order valence-corrected chi connectivity index (χ4v) is 2.07. The number of amides is 1. The molecule has 3 rings (SSSR count). The van der Waals surface area contributed by atoms with Gasteiger partial charge in [-0.1, -0.05) is 0 Å². The number of hydrogen-bond donors (Lipinski definition) is 5. The van der Waals surface area contributed by atoms with Crippen LogP contribution in [0.15, 0.2) is 4.79 Å². The predicted molar refractivity (Wildman–Crippen MR) is 67.4 cm³/mol. The lowest BCUT2D eigenvalue weighted by Crippen LogP contribution is -2.53. The number of anilines is 1. The number of aromatic amines is 2. The van der Waals surface area contributed by atoms with E-state index in [4.69, 9.17) is 5.73 Å². The Bertz CT molecular complexity index is 689. The van der Waals surface area contributed by atoms with Gasteiger partial charge in [0.2, 0.25) is 11.9 Å². The minimum Gasteiger partial charge on any atom is -0.369 e. The molecule has 0 saturated carbocycles. The maximum absolute atomic E-state index is 11.6. The second-order valence-corrected chi connectivity index (χ2v) is 4.34. The molecule has 2 aromatic rings. The van der Waals surface area contributed by atoms with Crippen molar-refractivity contribution in [3.05, 3.63) is 16.2 Å². The van der Waals surface area contributed by atoms with Gasteiger partial charge in [0.05, 0.1) is 6.04 Å². The van der Waals surface area contributed by atoms with Crippen LogP contribution in [0.25, 0.3) is 11.2 Å². The van der Waals surface area contributed by atoms with Gasteiger partial charge >= 0.3 is 0 Å². The molecule has 3 heterocycles. The molecule has 9 heteroatoms. The van der Waals surface area contributed by atoms with Gasteiger partial charge in [-0.05, 0) is 0 Å². The Labute approximate surface area is 107 Å². The molecule has 100 valence electrons. The van der Waals surface area contributed by atoms with Gasteiger partial charge in [-0.2, -0.15) is 4.98 Å². The molecule has 1 amide bonds. The second kappa shape index (κ2) is 4.35. The molecule has 1 atom stereocenters. The van der Waals surface area contributed by atoms with E-state index < -0.39 is 0 Å². The molecule has 1 saturated heterocycles. The van der Waals surface area contributed by atoms with E-state index in [9.17, 15) is 9.59 Å². The Hall–Kier alpha value is -2.42. The first-order valence-corrected chi connectivity index (χ1v) is 5.89. The molecule has 0 spiro atoms. The Balaban J connectivity index is 1.91. The zero-order valence-electron chi connectivity index (χ0n) is 9.99. The highest BCUT2D eigenvalue weighted by molar-refractivity contribution is 5.82. The van der Waals surface area contributed by atoms with E-state index in [1.54, 1.807) is 0 Å². The van der Waals surface area contributed by atoms with Gasteiger partial charge in [0.25, 0.3) is 5.56 Å². The van der Waals surface area contributed by atoms with Crippen molar-refractivity contribution < 1.29 is 4.79 Å². The fourth-order valence-electron chi connectivity index (χ4n) is 2.07. The van der Waals surface area contributed by atoms with E-state index in [0.717, 1.165) is 0 Å². The molecule has 6 N–H and O–H groups in total. The van der Waals surface area contributed by atoms with E-state index in [2.05, 4.69) is 30.6 Å². The lowest BCUT2D eigenvalue weighted by atomic mass is 10.1. The van der Waals surface area contributed by atoms with Gasteiger partial charge in [-0.15, -0.1) is 0 Å².